The van der Waals surface area contributed by atoms with Gasteiger partial charge in [-0.05, 0) is 75.0 Å². The van der Waals surface area contributed by atoms with E-state index in [2.05, 4.69) is 49.0 Å². The summed E-state index contributed by atoms with van der Waals surface area (Å²) in [6.45, 7) is 9.77. The van der Waals surface area contributed by atoms with Crippen molar-refractivity contribution in [2.24, 2.45) is 5.73 Å². The molecule has 31 heavy (non-hydrogen) atoms. The smallest absolute Gasteiger partial charge is 0.248 e. The molecular weight excluding hydrogens is 390 g/mol. The Bertz CT molecular complexity index is 810. The van der Waals surface area contributed by atoms with Crippen LogP contribution in [0.25, 0.3) is 0 Å². The third kappa shape index (κ3) is 7.87. The van der Waals surface area contributed by atoms with Crippen LogP contribution in [0.5, 0.6) is 11.6 Å². The zero-order valence-electron chi connectivity index (χ0n) is 20.1. The van der Waals surface area contributed by atoms with E-state index in [4.69, 9.17) is 15.2 Å². The maximum Gasteiger partial charge on any atom is 0.248 e. The Morgan fingerprint density at radius 2 is 1.90 bits per heavy atom. The largest absolute Gasteiger partial charge is 0.497 e. The predicted octanol–water partition coefficient (Wildman–Crippen LogP) is 4.67. The fourth-order valence-corrected chi connectivity index (χ4v) is 3.65. The molecule has 0 aliphatic carbocycles. The van der Waals surface area contributed by atoms with Gasteiger partial charge in [0.05, 0.1) is 14.2 Å². The van der Waals surface area contributed by atoms with E-state index in [0.717, 1.165) is 12.2 Å². The number of aryl methyl sites for hydroxylation is 1. The Morgan fingerprint density at radius 1 is 1.19 bits per heavy atom. The second-order valence-electron chi connectivity index (χ2n) is 7.42. The number of carbonyl (C=O) groups excluding carboxylic acids is 1. The molecular formula is C25H39N3O3. The molecule has 2 N–H and O–H groups in total. The van der Waals surface area contributed by atoms with Crippen molar-refractivity contribution in [3.63, 3.8) is 0 Å². The van der Waals surface area contributed by atoms with Gasteiger partial charge in [0.1, 0.15) is 5.75 Å². The number of nitrogens with zero attached hydrogens (tertiary/aromatic N) is 2. The fraction of sp³-hybridized carbons (Fsp3) is 0.520. The average molecular weight is 430 g/mol. The van der Waals surface area contributed by atoms with E-state index in [1.807, 2.05) is 13.8 Å². The summed E-state index contributed by atoms with van der Waals surface area (Å²) in [5.74, 6) is 1.60. The van der Waals surface area contributed by atoms with Crippen molar-refractivity contribution >= 4 is 5.91 Å². The minimum absolute atomic E-state index is 0.390. The lowest BCUT2D eigenvalue weighted by Crippen LogP contribution is -2.37. The molecule has 1 fully saturated rings. The Labute approximate surface area is 187 Å². The van der Waals surface area contributed by atoms with Crippen molar-refractivity contribution < 1.29 is 14.3 Å². The molecule has 172 valence electrons. The van der Waals surface area contributed by atoms with Crippen molar-refractivity contribution in [2.75, 3.05) is 27.8 Å². The van der Waals surface area contributed by atoms with Crippen LogP contribution in [0.1, 0.15) is 67.9 Å². The van der Waals surface area contributed by atoms with Gasteiger partial charge in [-0.3, -0.25) is 4.79 Å². The number of primary amides is 1. The summed E-state index contributed by atoms with van der Waals surface area (Å²) in [5, 5.41) is 0. The molecule has 1 aromatic heterocycles. The molecule has 2 atom stereocenters. The number of pyridine rings is 1. The van der Waals surface area contributed by atoms with E-state index < -0.39 is 5.91 Å². The van der Waals surface area contributed by atoms with Crippen LogP contribution in [0.3, 0.4) is 0 Å². The Morgan fingerprint density at radius 3 is 2.45 bits per heavy atom. The van der Waals surface area contributed by atoms with Gasteiger partial charge in [0.2, 0.25) is 11.8 Å². The molecule has 1 saturated heterocycles. The van der Waals surface area contributed by atoms with E-state index >= 15 is 0 Å². The summed E-state index contributed by atoms with van der Waals surface area (Å²) >= 11 is 0. The molecule has 6 nitrogen and oxygen atoms in total. The third-order valence-electron chi connectivity index (χ3n) is 5.61. The standard InChI is InChI=1S/C16H25NO.C7H8N2O2.C2H6/c1-5-13-6-7-15(18-4)11-16(13)14-8-9-17(3)12(2)10-14;1-11-6-4-5(7(8)10)2-3-9-6;1-2/h6-7,11-12,14H,5,8-10H2,1-4H3;2-4H,1H3,(H2,8,10);1-2H3. The monoisotopic (exact) mass is 429 g/mol. The van der Waals surface area contributed by atoms with Crippen LogP contribution in [-0.2, 0) is 6.42 Å². The van der Waals surface area contributed by atoms with Crippen LogP contribution in [0, 0.1) is 0 Å². The highest BCUT2D eigenvalue weighted by atomic mass is 16.5. The van der Waals surface area contributed by atoms with E-state index in [0.29, 0.717) is 23.4 Å². The SMILES string of the molecule is CC.CCc1ccc(OC)cc1C1CCN(C)C(C)C1.COc1cc(C(N)=O)ccn1. The van der Waals surface area contributed by atoms with E-state index in [9.17, 15) is 4.79 Å². The molecule has 1 aliphatic rings. The van der Waals surface area contributed by atoms with Crippen molar-refractivity contribution in [2.45, 2.75) is 58.9 Å². The predicted molar refractivity (Wildman–Crippen MR) is 127 cm³/mol. The molecule has 2 heterocycles. The average Bonchev–Trinajstić information content (AvgIpc) is 2.82. The first-order valence-electron chi connectivity index (χ1n) is 11.1. The number of carbonyl (C=O) groups is 1. The summed E-state index contributed by atoms with van der Waals surface area (Å²) in [6, 6.07) is 10.3. The lowest BCUT2D eigenvalue weighted by atomic mass is 9.83. The number of rotatable bonds is 5. The number of methoxy groups -OCH3 is 2. The fourth-order valence-electron chi connectivity index (χ4n) is 3.65. The Balaban J connectivity index is 0.000000317. The van der Waals surface area contributed by atoms with Crippen LogP contribution >= 0.6 is 0 Å². The number of hydrogen-bond acceptors (Lipinski definition) is 5. The minimum atomic E-state index is -0.481. The molecule has 6 heteroatoms. The van der Waals surface area contributed by atoms with Gasteiger partial charge >= 0.3 is 0 Å². The lowest BCUT2D eigenvalue weighted by molar-refractivity contribution is 0.0999. The Hall–Kier alpha value is -2.60. The molecule has 0 radical (unpaired) electrons. The van der Waals surface area contributed by atoms with Crippen molar-refractivity contribution in [3.8, 4) is 11.6 Å². The van der Waals surface area contributed by atoms with Crippen LogP contribution in [0.4, 0.5) is 0 Å². The summed E-state index contributed by atoms with van der Waals surface area (Å²) in [6.07, 6.45) is 5.11. The molecule has 3 rings (SSSR count). The number of nitrogens with two attached hydrogens (primary N) is 1. The van der Waals surface area contributed by atoms with Gasteiger partial charge in [0, 0.05) is 23.9 Å². The van der Waals surface area contributed by atoms with Gasteiger partial charge in [-0.25, -0.2) is 4.98 Å². The molecule has 1 amide bonds. The van der Waals surface area contributed by atoms with Gasteiger partial charge in [0.15, 0.2) is 0 Å². The van der Waals surface area contributed by atoms with Crippen LogP contribution < -0.4 is 15.2 Å². The van der Waals surface area contributed by atoms with Crippen molar-refractivity contribution in [1.82, 2.24) is 9.88 Å². The highest BCUT2D eigenvalue weighted by molar-refractivity contribution is 5.92. The van der Waals surface area contributed by atoms with Crippen LogP contribution in [0.2, 0.25) is 0 Å². The summed E-state index contributed by atoms with van der Waals surface area (Å²) in [7, 11) is 5.46. The van der Waals surface area contributed by atoms with E-state index in [1.54, 1.807) is 7.11 Å². The minimum Gasteiger partial charge on any atom is -0.497 e. The van der Waals surface area contributed by atoms with Crippen molar-refractivity contribution in [3.05, 3.63) is 53.2 Å². The van der Waals surface area contributed by atoms with Gasteiger partial charge in [0.25, 0.3) is 0 Å². The lowest BCUT2D eigenvalue weighted by Gasteiger charge is -2.36. The second-order valence-corrected chi connectivity index (χ2v) is 7.42. The quantitative estimate of drug-likeness (QED) is 0.747. The molecule has 1 aromatic carbocycles. The highest BCUT2D eigenvalue weighted by Gasteiger charge is 2.25. The second kappa shape index (κ2) is 13.7. The first kappa shape index (κ1) is 26.4. The number of ether oxygens (including phenoxy) is 2. The highest BCUT2D eigenvalue weighted by Crippen LogP contribution is 2.34. The van der Waals surface area contributed by atoms with E-state index in [-0.39, 0.29) is 0 Å². The molecule has 2 aromatic rings. The summed E-state index contributed by atoms with van der Waals surface area (Å²) in [4.78, 5) is 16.9. The van der Waals surface area contributed by atoms with Crippen LogP contribution in [0.15, 0.2) is 36.5 Å². The van der Waals surface area contributed by atoms with Gasteiger partial charge in [-0.15, -0.1) is 0 Å². The number of piperidine rings is 1. The molecule has 0 spiro atoms. The molecule has 1 aliphatic heterocycles. The van der Waals surface area contributed by atoms with Gasteiger partial charge in [-0.1, -0.05) is 26.8 Å². The van der Waals surface area contributed by atoms with Gasteiger partial charge < -0.3 is 20.1 Å². The molecule has 2 unspecified atom stereocenters. The third-order valence-corrected chi connectivity index (χ3v) is 5.61. The maximum atomic E-state index is 10.6. The zero-order valence-corrected chi connectivity index (χ0v) is 20.1. The Kier molecular flexibility index (Phi) is 11.6. The first-order chi connectivity index (χ1) is 14.9. The maximum absolute atomic E-state index is 10.6. The first-order valence-corrected chi connectivity index (χ1v) is 11.1. The van der Waals surface area contributed by atoms with Crippen molar-refractivity contribution in [1.29, 1.82) is 0 Å². The summed E-state index contributed by atoms with van der Waals surface area (Å²) < 4.78 is 10.2. The number of likely N-dealkylation sites (tertiary alicyclic amines) is 1. The topological polar surface area (TPSA) is 77.7 Å². The number of hydrogen-bond donors (Lipinski definition) is 1. The number of aromatic nitrogens is 1. The van der Waals surface area contributed by atoms with E-state index in [1.165, 1.54) is 56.0 Å². The molecule has 0 saturated carbocycles. The molecule has 0 bridgehead atoms. The zero-order chi connectivity index (χ0) is 23.4. The normalized spacial score (nSPS) is 18.0. The summed E-state index contributed by atoms with van der Waals surface area (Å²) in [5.41, 5.74) is 8.41. The van der Waals surface area contributed by atoms with Gasteiger partial charge in [-0.2, -0.15) is 0 Å². The van der Waals surface area contributed by atoms with Crippen LogP contribution in [-0.4, -0.2) is 49.6 Å². The number of amides is 1. The number of benzene rings is 1.